The molecule has 0 saturated carbocycles. The lowest BCUT2D eigenvalue weighted by Crippen LogP contribution is -2.54. The van der Waals surface area contributed by atoms with Crippen LogP contribution in [-0.4, -0.2) is 29.2 Å². The summed E-state index contributed by atoms with van der Waals surface area (Å²) in [6, 6.07) is 9.11. The van der Waals surface area contributed by atoms with Gasteiger partial charge in [-0.25, -0.2) is 0 Å². The van der Waals surface area contributed by atoms with Gasteiger partial charge < -0.3 is 4.90 Å². The molecule has 0 aliphatic heterocycles. The van der Waals surface area contributed by atoms with Crippen LogP contribution in [0, 0.1) is 5.41 Å². The highest BCUT2D eigenvalue weighted by atomic mass is 16.2. The zero-order chi connectivity index (χ0) is 15.6. The Morgan fingerprint density at radius 1 is 1.05 bits per heavy atom. The van der Waals surface area contributed by atoms with Crippen molar-refractivity contribution in [2.45, 2.75) is 46.6 Å². The van der Waals surface area contributed by atoms with E-state index in [0.29, 0.717) is 5.56 Å². The Hall–Kier alpha value is -1.64. The second-order valence-corrected chi connectivity index (χ2v) is 6.36. The molecule has 20 heavy (non-hydrogen) atoms. The third-order valence-electron chi connectivity index (χ3n) is 4.20. The quantitative estimate of drug-likeness (QED) is 0.771. The van der Waals surface area contributed by atoms with E-state index in [4.69, 9.17) is 0 Å². The molecule has 110 valence electrons. The molecule has 0 aliphatic rings. The van der Waals surface area contributed by atoms with Crippen LogP contribution >= 0.6 is 0 Å². The molecule has 0 radical (unpaired) electrons. The van der Waals surface area contributed by atoms with Crippen molar-refractivity contribution in [1.82, 2.24) is 4.90 Å². The molecule has 0 fully saturated rings. The molecule has 0 aromatic heterocycles. The third kappa shape index (κ3) is 3.09. The summed E-state index contributed by atoms with van der Waals surface area (Å²) < 4.78 is 0. The van der Waals surface area contributed by atoms with E-state index in [-0.39, 0.29) is 11.7 Å². The van der Waals surface area contributed by atoms with Crippen LogP contribution < -0.4 is 0 Å². The molecule has 0 saturated heterocycles. The van der Waals surface area contributed by atoms with E-state index in [1.54, 1.807) is 37.9 Å². The van der Waals surface area contributed by atoms with Gasteiger partial charge in [0, 0.05) is 18.0 Å². The number of carbonyl (C=O) groups is 2. The smallest absolute Gasteiger partial charge is 0.228 e. The van der Waals surface area contributed by atoms with E-state index in [9.17, 15) is 9.59 Å². The summed E-state index contributed by atoms with van der Waals surface area (Å²) in [4.78, 5) is 26.8. The van der Waals surface area contributed by atoms with Gasteiger partial charge in [-0.05, 0) is 20.3 Å². The summed E-state index contributed by atoms with van der Waals surface area (Å²) in [5.74, 6) is -0.0462. The van der Waals surface area contributed by atoms with E-state index >= 15 is 0 Å². The number of rotatable bonds is 5. The maximum Gasteiger partial charge on any atom is 0.228 e. The monoisotopic (exact) mass is 275 g/mol. The van der Waals surface area contributed by atoms with Gasteiger partial charge in [0.05, 0.1) is 0 Å². The number of hydrogen-bond donors (Lipinski definition) is 0. The molecule has 0 N–H and O–H groups in total. The van der Waals surface area contributed by atoms with Crippen LogP contribution in [-0.2, 0) is 4.79 Å². The number of nitrogens with zero attached hydrogens (tertiary/aromatic N) is 1. The highest BCUT2D eigenvalue weighted by Crippen LogP contribution is 2.28. The molecule has 1 amide bonds. The lowest BCUT2D eigenvalue weighted by molar-refractivity contribution is -0.142. The van der Waals surface area contributed by atoms with Gasteiger partial charge in [0.1, 0.15) is 5.54 Å². The minimum absolute atomic E-state index is 0.00530. The van der Waals surface area contributed by atoms with Crippen molar-refractivity contribution >= 4 is 11.7 Å². The van der Waals surface area contributed by atoms with Crippen molar-refractivity contribution in [3.63, 3.8) is 0 Å². The Morgan fingerprint density at radius 3 is 2.00 bits per heavy atom. The highest BCUT2D eigenvalue weighted by Gasteiger charge is 2.40. The number of amides is 1. The van der Waals surface area contributed by atoms with Gasteiger partial charge in [0.15, 0.2) is 5.78 Å². The summed E-state index contributed by atoms with van der Waals surface area (Å²) >= 11 is 0. The molecule has 0 spiro atoms. The Kier molecular flexibility index (Phi) is 4.74. The second kappa shape index (κ2) is 5.78. The van der Waals surface area contributed by atoms with E-state index in [2.05, 4.69) is 0 Å². The number of carbonyl (C=O) groups excluding carboxylic acids is 2. The van der Waals surface area contributed by atoms with Gasteiger partial charge in [-0.3, -0.25) is 9.59 Å². The normalized spacial score (nSPS) is 12.1. The molecule has 3 heteroatoms. The van der Waals surface area contributed by atoms with E-state index < -0.39 is 11.0 Å². The average Bonchev–Trinajstić information content (AvgIpc) is 2.45. The van der Waals surface area contributed by atoms with Crippen LogP contribution in [0.2, 0.25) is 0 Å². The number of Topliss-reactive ketones (excluding diaryl/α,β-unsaturated/α-hetero) is 1. The van der Waals surface area contributed by atoms with Gasteiger partial charge in [-0.1, -0.05) is 51.1 Å². The van der Waals surface area contributed by atoms with Crippen molar-refractivity contribution in [2.75, 3.05) is 7.05 Å². The summed E-state index contributed by atoms with van der Waals surface area (Å²) in [6.07, 6.45) is 0.742. The zero-order valence-corrected chi connectivity index (χ0v) is 13.4. The Morgan fingerprint density at radius 2 is 1.55 bits per heavy atom. The number of benzene rings is 1. The van der Waals surface area contributed by atoms with Gasteiger partial charge in [-0.2, -0.15) is 0 Å². The minimum atomic E-state index is -0.856. The standard InChI is InChI=1S/C17H25NO2/c1-7-16(2,3)15(20)18(6)17(4,5)14(19)13-11-9-8-10-12-13/h8-12H,7H2,1-6H3. The predicted octanol–water partition coefficient (Wildman–Crippen LogP) is 3.54. The first kappa shape index (κ1) is 16.4. The number of likely N-dealkylation sites (N-methyl/N-ethyl adjacent to an activating group) is 1. The molecule has 0 bridgehead atoms. The van der Waals surface area contributed by atoms with Crippen LogP contribution in [0.15, 0.2) is 30.3 Å². The fourth-order valence-electron chi connectivity index (χ4n) is 1.95. The highest BCUT2D eigenvalue weighted by molar-refractivity contribution is 6.04. The molecule has 1 rings (SSSR count). The van der Waals surface area contributed by atoms with Crippen molar-refractivity contribution in [2.24, 2.45) is 5.41 Å². The Labute approximate surface area is 122 Å². The molecule has 1 aromatic rings. The van der Waals surface area contributed by atoms with E-state index in [1.165, 1.54) is 0 Å². The second-order valence-electron chi connectivity index (χ2n) is 6.36. The average molecular weight is 275 g/mol. The topological polar surface area (TPSA) is 37.4 Å². The molecule has 0 atom stereocenters. The Bertz CT molecular complexity index is 489. The molecule has 0 aliphatic carbocycles. The first-order chi connectivity index (χ1) is 9.14. The van der Waals surface area contributed by atoms with Crippen LogP contribution in [0.4, 0.5) is 0 Å². The summed E-state index contributed by atoms with van der Waals surface area (Å²) in [6.45, 7) is 9.40. The maximum atomic E-state index is 12.6. The van der Waals surface area contributed by atoms with Crippen molar-refractivity contribution < 1.29 is 9.59 Å². The van der Waals surface area contributed by atoms with Crippen LogP contribution in [0.5, 0.6) is 0 Å². The summed E-state index contributed by atoms with van der Waals surface area (Å²) in [5.41, 5.74) is -0.681. The molecular formula is C17H25NO2. The molecule has 0 unspecified atom stereocenters. The third-order valence-corrected chi connectivity index (χ3v) is 4.20. The Balaban J connectivity index is 3.04. The fourth-order valence-corrected chi connectivity index (χ4v) is 1.95. The van der Waals surface area contributed by atoms with Crippen LogP contribution in [0.25, 0.3) is 0 Å². The largest absolute Gasteiger partial charge is 0.333 e. The van der Waals surface area contributed by atoms with Crippen molar-refractivity contribution in [3.8, 4) is 0 Å². The molecule has 3 nitrogen and oxygen atoms in total. The number of ketones is 1. The van der Waals surface area contributed by atoms with Gasteiger partial charge in [0.2, 0.25) is 5.91 Å². The van der Waals surface area contributed by atoms with E-state index in [0.717, 1.165) is 6.42 Å². The van der Waals surface area contributed by atoms with Crippen LogP contribution in [0.3, 0.4) is 0 Å². The summed E-state index contributed by atoms with van der Waals surface area (Å²) in [5, 5.41) is 0. The minimum Gasteiger partial charge on any atom is -0.333 e. The van der Waals surface area contributed by atoms with Gasteiger partial charge >= 0.3 is 0 Å². The lowest BCUT2D eigenvalue weighted by atomic mass is 9.84. The molecular weight excluding hydrogens is 250 g/mol. The first-order valence-corrected chi connectivity index (χ1v) is 7.02. The first-order valence-electron chi connectivity index (χ1n) is 7.02. The summed E-state index contributed by atoms with van der Waals surface area (Å²) in [7, 11) is 1.71. The predicted molar refractivity (Wildman–Crippen MR) is 81.7 cm³/mol. The van der Waals surface area contributed by atoms with Gasteiger partial charge in [-0.15, -0.1) is 0 Å². The SMILES string of the molecule is CCC(C)(C)C(=O)N(C)C(C)(C)C(=O)c1ccccc1. The molecule has 1 aromatic carbocycles. The zero-order valence-electron chi connectivity index (χ0n) is 13.4. The van der Waals surface area contributed by atoms with Crippen LogP contribution in [0.1, 0.15) is 51.4 Å². The van der Waals surface area contributed by atoms with Crippen molar-refractivity contribution in [1.29, 1.82) is 0 Å². The lowest BCUT2D eigenvalue weighted by Gasteiger charge is -2.39. The number of hydrogen-bond acceptors (Lipinski definition) is 2. The fraction of sp³-hybridized carbons (Fsp3) is 0.529. The molecule has 0 heterocycles. The van der Waals surface area contributed by atoms with Gasteiger partial charge in [0.25, 0.3) is 0 Å². The maximum absolute atomic E-state index is 12.6. The van der Waals surface area contributed by atoms with Crippen molar-refractivity contribution in [3.05, 3.63) is 35.9 Å². The van der Waals surface area contributed by atoms with E-state index in [1.807, 2.05) is 39.0 Å².